The summed E-state index contributed by atoms with van der Waals surface area (Å²) in [5, 5.41) is 9.32. The van der Waals surface area contributed by atoms with Crippen LogP contribution in [-0.4, -0.2) is 21.4 Å². The van der Waals surface area contributed by atoms with E-state index < -0.39 is 20.1 Å². The van der Waals surface area contributed by atoms with Crippen molar-refractivity contribution < 1.29 is 21.4 Å². The Morgan fingerprint density at radius 3 is 2.34 bits per heavy atom. The van der Waals surface area contributed by atoms with Crippen LogP contribution >= 0.6 is 0 Å². The van der Waals surface area contributed by atoms with Crippen molar-refractivity contribution in [3.05, 3.63) is 84.4 Å². The minimum Gasteiger partial charge on any atom is -0.397 e. The molecular weight excluding hydrogens is 488 g/mol. The van der Waals surface area contributed by atoms with Gasteiger partial charge in [0.1, 0.15) is 16.3 Å². The number of benzene rings is 4. The molecule has 0 saturated carbocycles. The maximum atomic E-state index is 13.2. The number of anilines is 2. The topological polar surface area (TPSA) is 151 Å². The van der Waals surface area contributed by atoms with Gasteiger partial charge in [0.15, 0.2) is 0 Å². The number of aryl methyl sites for hydroxylation is 1. The quantitative estimate of drug-likeness (QED) is 0.171. The predicted molar refractivity (Wildman–Crippen MR) is 135 cm³/mol. The van der Waals surface area contributed by atoms with E-state index in [-0.39, 0.29) is 26.9 Å². The molecule has 0 saturated heterocycles. The SMILES string of the molecule is CCc1ccccc1NS(=O)(=O)c1ccccc1N=Nc1c(N)ccc2cc(S(=O)(=O)O)ccc12. The molecule has 4 rings (SSSR count). The van der Waals surface area contributed by atoms with Gasteiger partial charge in [0.25, 0.3) is 20.1 Å². The largest absolute Gasteiger partial charge is 0.397 e. The monoisotopic (exact) mass is 510 g/mol. The fourth-order valence-electron chi connectivity index (χ4n) is 3.58. The zero-order valence-electron chi connectivity index (χ0n) is 18.6. The summed E-state index contributed by atoms with van der Waals surface area (Å²) in [5.41, 5.74) is 8.01. The molecule has 0 aliphatic heterocycles. The van der Waals surface area contributed by atoms with Crippen LogP contribution in [0.5, 0.6) is 0 Å². The van der Waals surface area contributed by atoms with Gasteiger partial charge in [-0.1, -0.05) is 49.4 Å². The number of fused-ring (bicyclic) bond motifs is 1. The van der Waals surface area contributed by atoms with Crippen LogP contribution in [0.2, 0.25) is 0 Å². The van der Waals surface area contributed by atoms with Crippen molar-refractivity contribution in [1.82, 2.24) is 0 Å². The van der Waals surface area contributed by atoms with E-state index in [2.05, 4.69) is 15.0 Å². The van der Waals surface area contributed by atoms with E-state index in [1.54, 1.807) is 30.3 Å². The molecule has 35 heavy (non-hydrogen) atoms. The molecule has 0 radical (unpaired) electrons. The third kappa shape index (κ3) is 5.16. The average Bonchev–Trinajstić information content (AvgIpc) is 2.83. The van der Waals surface area contributed by atoms with Gasteiger partial charge in [-0.3, -0.25) is 9.27 Å². The van der Waals surface area contributed by atoms with E-state index in [0.29, 0.717) is 22.9 Å². The fraction of sp³-hybridized carbons (Fsp3) is 0.0833. The van der Waals surface area contributed by atoms with Crippen molar-refractivity contribution in [1.29, 1.82) is 0 Å². The number of hydrogen-bond acceptors (Lipinski definition) is 7. The van der Waals surface area contributed by atoms with Crippen molar-refractivity contribution in [2.24, 2.45) is 10.2 Å². The molecular formula is C24H22N4O5S2. The number of hydrogen-bond donors (Lipinski definition) is 3. The van der Waals surface area contributed by atoms with Crippen LogP contribution in [-0.2, 0) is 26.6 Å². The number of nitrogens with one attached hydrogen (secondary N) is 1. The molecule has 0 spiro atoms. The van der Waals surface area contributed by atoms with Gasteiger partial charge >= 0.3 is 0 Å². The van der Waals surface area contributed by atoms with Crippen LogP contribution in [0, 0.1) is 0 Å². The van der Waals surface area contributed by atoms with Gasteiger partial charge in [0.2, 0.25) is 0 Å². The molecule has 11 heteroatoms. The summed E-state index contributed by atoms with van der Waals surface area (Å²) in [4.78, 5) is -0.338. The predicted octanol–water partition coefficient (Wildman–Crippen LogP) is 5.45. The zero-order chi connectivity index (χ0) is 25.2. The summed E-state index contributed by atoms with van der Waals surface area (Å²) < 4.78 is 61.3. The van der Waals surface area contributed by atoms with E-state index in [0.717, 1.165) is 5.56 Å². The third-order valence-electron chi connectivity index (χ3n) is 5.35. The molecule has 0 aliphatic carbocycles. The second kappa shape index (κ2) is 9.45. The lowest BCUT2D eigenvalue weighted by Gasteiger charge is -2.12. The first kappa shape index (κ1) is 24.3. The average molecular weight is 511 g/mol. The number of sulfonamides is 1. The number of para-hydroxylation sites is 1. The summed E-state index contributed by atoms with van der Waals surface area (Å²) in [6.07, 6.45) is 0.652. The Bertz CT molecular complexity index is 1670. The van der Waals surface area contributed by atoms with E-state index in [1.165, 1.54) is 36.4 Å². The van der Waals surface area contributed by atoms with Crippen LogP contribution in [0.3, 0.4) is 0 Å². The van der Waals surface area contributed by atoms with Gasteiger partial charge in [0.05, 0.1) is 16.3 Å². The molecule has 9 nitrogen and oxygen atoms in total. The van der Waals surface area contributed by atoms with Gasteiger partial charge in [-0.05, 0) is 53.8 Å². The molecule has 0 aliphatic rings. The van der Waals surface area contributed by atoms with Crippen molar-refractivity contribution in [2.75, 3.05) is 10.5 Å². The lowest BCUT2D eigenvalue weighted by molar-refractivity contribution is 0.483. The maximum Gasteiger partial charge on any atom is 0.294 e. The lowest BCUT2D eigenvalue weighted by Crippen LogP contribution is -2.14. The minimum absolute atomic E-state index is 0.0675. The molecule has 0 atom stereocenters. The van der Waals surface area contributed by atoms with Crippen LogP contribution in [0.25, 0.3) is 10.8 Å². The Labute approximate surface area is 203 Å². The number of nitrogen functional groups attached to an aromatic ring is 1. The van der Waals surface area contributed by atoms with Gasteiger partial charge in [0, 0.05) is 5.39 Å². The summed E-state index contributed by atoms with van der Waals surface area (Å²) in [7, 11) is -8.37. The molecule has 4 N–H and O–H groups in total. The van der Waals surface area contributed by atoms with Crippen LogP contribution in [0.1, 0.15) is 12.5 Å². The standard InChI is InChI=1S/C24H22N4O5S2/c1-2-16-7-3-4-8-21(16)28-34(29,30)23-10-6-5-9-22(23)26-27-24-19-13-12-18(35(31,32)33)15-17(19)11-14-20(24)25/h3-15,28H,2,25H2,1H3,(H,31,32,33). The molecule has 0 amide bonds. The highest BCUT2D eigenvalue weighted by Gasteiger charge is 2.20. The molecule has 0 fully saturated rings. The van der Waals surface area contributed by atoms with Crippen molar-refractivity contribution in [2.45, 2.75) is 23.1 Å². The normalized spacial score (nSPS) is 12.3. The van der Waals surface area contributed by atoms with Crippen LogP contribution in [0.4, 0.5) is 22.7 Å². The highest BCUT2D eigenvalue weighted by Crippen LogP contribution is 2.36. The van der Waals surface area contributed by atoms with Gasteiger partial charge in [-0.2, -0.15) is 8.42 Å². The van der Waals surface area contributed by atoms with Crippen LogP contribution < -0.4 is 10.5 Å². The lowest BCUT2D eigenvalue weighted by atomic mass is 10.1. The highest BCUT2D eigenvalue weighted by atomic mass is 32.2. The Morgan fingerprint density at radius 2 is 1.60 bits per heavy atom. The number of nitrogens with zero attached hydrogens (tertiary/aromatic N) is 2. The van der Waals surface area contributed by atoms with E-state index in [9.17, 15) is 21.4 Å². The summed E-state index contributed by atoms with van der Waals surface area (Å²) in [6.45, 7) is 1.93. The van der Waals surface area contributed by atoms with E-state index in [1.807, 2.05) is 19.1 Å². The minimum atomic E-state index is -4.38. The van der Waals surface area contributed by atoms with E-state index >= 15 is 0 Å². The maximum absolute atomic E-state index is 13.2. The smallest absolute Gasteiger partial charge is 0.294 e. The molecule has 0 heterocycles. The highest BCUT2D eigenvalue weighted by molar-refractivity contribution is 7.92. The number of nitrogens with two attached hydrogens (primary N) is 1. The Morgan fingerprint density at radius 1 is 0.886 bits per heavy atom. The molecule has 180 valence electrons. The van der Waals surface area contributed by atoms with Gasteiger partial charge in [-0.15, -0.1) is 10.2 Å². The molecule has 4 aromatic carbocycles. The first-order valence-corrected chi connectivity index (χ1v) is 13.4. The molecule has 4 aromatic rings. The first-order valence-electron chi connectivity index (χ1n) is 10.5. The van der Waals surface area contributed by atoms with E-state index in [4.69, 9.17) is 5.73 Å². The van der Waals surface area contributed by atoms with Crippen molar-refractivity contribution >= 4 is 53.7 Å². The second-order valence-electron chi connectivity index (χ2n) is 7.65. The first-order chi connectivity index (χ1) is 16.6. The van der Waals surface area contributed by atoms with Crippen molar-refractivity contribution in [3.63, 3.8) is 0 Å². The second-order valence-corrected chi connectivity index (χ2v) is 10.7. The molecule has 0 aromatic heterocycles. The Kier molecular flexibility index (Phi) is 6.57. The summed E-state index contributed by atoms with van der Waals surface area (Å²) in [5.74, 6) is 0. The third-order valence-corrected chi connectivity index (χ3v) is 7.61. The van der Waals surface area contributed by atoms with Crippen LogP contribution in [0.15, 0.2) is 98.9 Å². The van der Waals surface area contributed by atoms with Gasteiger partial charge in [-0.25, -0.2) is 8.42 Å². The Hall–Kier alpha value is -3.80. The van der Waals surface area contributed by atoms with Crippen molar-refractivity contribution in [3.8, 4) is 0 Å². The zero-order valence-corrected chi connectivity index (χ0v) is 20.2. The summed E-state index contributed by atoms with van der Waals surface area (Å²) in [6, 6.07) is 20.4. The Balaban J connectivity index is 1.75. The fourth-order valence-corrected chi connectivity index (χ4v) is 5.34. The summed E-state index contributed by atoms with van der Waals surface area (Å²) >= 11 is 0. The molecule has 0 bridgehead atoms. The van der Waals surface area contributed by atoms with Gasteiger partial charge < -0.3 is 5.73 Å². The number of rotatable bonds is 7. The molecule has 0 unspecified atom stereocenters. The number of azo groups is 1.